The van der Waals surface area contributed by atoms with E-state index in [4.69, 9.17) is 5.73 Å². The molecule has 7 heteroatoms. The van der Waals surface area contributed by atoms with Crippen LogP contribution in [0.2, 0.25) is 0 Å². The highest BCUT2D eigenvalue weighted by Crippen LogP contribution is 2.16. The highest BCUT2D eigenvalue weighted by Gasteiger charge is 2.21. The molecule has 0 spiro atoms. The van der Waals surface area contributed by atoms with E-state index in [9.17, 15) is 0 Å². The second-order valence-electron chi connectivity index (χ2n) is 6.48. The third-order valence-electron chi connectivity index (χ3n) is 4.34. The molecule has 0 unspecified atom stereocenters. The SMILES string of the molecule is C.C.CCNC[C@@H]1CCN(C)C1.C[C@H](N)[C@@H]1CCN(C)C1.SSS. The fourth-order valence-electron chi connectivity index (χ4n) is 2.94. The van der Waals surface area contributed by atoms with Crippen molar-refractivity contribution in [2.45, 2.75) is 47.6 Å². The molecule has 3 atom stereocenters. The minimum atomic E-state index is 0. The number of likely N-dealkylation sites (tertiary alicyclic amines) is 2. The number of rotatable bonds is 4. The van der Waals surface area contributed by atoms with Gasteiger partial charge in [-0.05, 0) is 81.7 Å². The molecule has 0 amide bonds. The zero-order chi connectivity index (χ0) is 17.0. The molecular weight excluding hydrogens is 356 g/mol. The molecular formula is C17H44N4S3. The van der Waals surface area contributed by atoms with Crippen LogP contribution in [0.5, 0.6) is 0 Å². The van der Waals surface area contributed by atoms with Crippen molar-refractivity contribution in [1.82, 2.24) is 15.1 Å². The van der Waals surface area contributed by atoms with E-state index < -0.39 is 0 Å². The number of nitrogens with one attached hydrogen (secondary N) is 1. The second kappa shape index (κ2) is 18.7. The van der Waals surface area contributed by atoms with Crippen LogP contribution in [-0.4, -0.2) is 69.2 Å². The highest BCUT2D eigenvalue weighted by molar-refractivity contribution is 9.01. The fraction of sp³-hybridized carbons (Fsp3) is 1.00. The van der Waals surface area contributed by atoms with Crippen molar-refractivity contribution >= 4 is 33.1 Å². The van der Waals surface area contributed by atoms with Gasteiger partial charge in [-0.1, -0.05) is 45.1 Å². The number of hydrogen-bond donors (Lipinski definition) is 4. The van der Waals surface area contributed by atoms with Gasteiger partial charge in [0, 0.05) is 19.1 Å². The first-order chi connectivity index (χ1) is 10.4. The third kappa shape index (κ3) is 15.2. The van der Waals surface area contributed by atoms with Crippen molar-refractivity contribution < 1.29 is 0 Å². The Kier molecular flexibility index (Phi) is 23.1. The molecule has 2 aliphatic heterocycles. The Morgan fingerprint density at radius 1 is 1.12 bits per heavy atom. The van der Waals surface area contributed by atoms with Crippen molar-refractivity contribution in [1.29, 1.82) is 0 Å². The molecule has 4 nitrogen and oxygen atoms in total. The topological polar surface area (TPSA) is 44.5 Å². The van der Waals surface area contributed by atoms with Crippen LogP contribution in [0.1, 0.15) is 41.5 Å². The summed E-state index contributed by atoms with van der Waals surface area (Å²) in [5.74, 6) is 1.65. The van der Waals surface area contributed by atoms with Crippen LogP contribution in [0, 0.1) is 11.8 Å². The van der Waals surface area contributed by atoms with E-state index in [1.54, 1.807) is 0 Å². The second-order valence-corrected chi connectivity index (χ2v) is 8.60. The Balaban J connectivity index is -0.000000296. The first kappa shape index (κ1) is 29.6. The summed E-state index contributed by atoms with van der Waals surface area (Å²) in [6.07, 6.45) is 2.66. The smallest absolute Gasteiger partial charge is 0.00514 e. The predicted octanol–water partition coefficient (Wildman–Crippen LogP) is 3.51. The monoisotopic (exact) mass is 400 g/mol. The molecule has 2 fully saturated rings. The zero-order valence-corrected chi connectivity index (χ0v) is 17.3. The van der Waals surface area contributed by atoms with E-state index in [0.717, 1.165) is 28.2 Å². The van der Waals surface area contributed by atoms with E-state index in [1.165, 1.54) is 45.6 Å². The van der Waals surface area contributed by atoms with E-state index >= 15 is 0 Å². The number of thiol groups is 2. The van der Waals surface area contributed by atoms with Crippen LogP contribution < -0.4 is 11.1 Å². The van der Waals surface area contributed by atoms with Gasteiger partial charge < -0.3 is 20.9 Å². The summed E-state index contributed by atoms with van der Waals surface area (Å²) in [7, 11) is 5.49. The summed E-state index contributed by atoms with van der Waals surface area (Å²) in [6.45, 7) is 11.6. The molecule has 0 aromatic carbocycles. The average molecular weight is 401 g/mol. The van der Waals surface area contributed by atoms with Gasteiger partial charge in [0.1, 0.15) is 0 Å². The first-order valence-electron chi connectivity index (χ1n) is 8.22. The van der Waals surface area contributed by atoms with Crippen molar-refractivity contribution in [2.75, 3.05) is 53.4 Å². The van der Waals surface area contributed by atoms with Gasteiger partial charge in [0.15, 0.2) is 0 Å². The lowest BCUT2D eigenvalue weighted by Gasteiger charge is -2.13. The van der Waals surface area contributed by atoms with Crippen LogP contribution in [0.4, 0.5) is 0 Å². The summed E-state index contributed by atoms with van der Waals surface area (Å²) in [6, 6.07) is 0.384. The van der Waals surface area contributed by atoms with Gasteiger partial charge in [-0.3, -0.25) is 0 Å². The van der Waals surface area contributed by atoms with Gasteiger partial charge in [0.25, 0.3) is 0 Å². The van der Waals surface area contributed by atoms with Crippen LogP contribution in [0.15, 0.2) is 0 Å². The van der Waals surface area contributed by atoms with Gasteiger partial charge >= 0.3 is 0 Å². The van der Waals surface area contributed by atoms with Crippen molar-refractivity contribution in [3.8, 4) is 0 Å². The average Bonchev–Trinajstić information content (AvgIpc) is 3.07. The van der Waals surface area contributed by atoms with E-state index in [0.29, 0.717) is 6.04 Å². The van der Waals surface area contributed by atoms with Crippen LogP contribution in [0.3, 0.4) is 0 Å². The molecule has 150 valence electrons. The Morgan fingerprint density at radius 3 is 1.92 bits per heavy atom. The summed E-state index contributed by atoms with van der Waals surface area (Å²) in [5, 5.41) is 3.38. The maximum atomic E-state index is 5.73. The van der Waals surface area contributed by atoms with Crippen molar-refractivity contribution in [3.05, 3.63) is 0 Å². The zero-order valence-electron chi connectivity index (χ0n) is 14.7. The standard InChI is InChI=1S/C8H18N2.C7H16N2.2CH4.H2S3/c1-3-9-6-8-4-5-10(2)7-8;1-6(8)7-3-4-9(2)5-7;;;1-3-2/h8-9H,3-7H2,1-2H3;6-7H,3-5,8H2,1-2H3;2*1H4;1-2H/t8-;6-,7+;;;/m00.../s1. The molecule has 24 heavy (non-hydrogen) atoms. The lowest BCUT2D eigenvalue weighted by Crippen LogP contribution is -2.28. The van der Waals surface area contributed by atoms with Gasteiger partial charge in [-0.15, -0.1) is 0 Å². The normalized spacial score (nSPS) is 24.6. The van der Waals surface area contributed by atoms with Gasteiger partial charge in [0.05, 0.1) is 0 Å². The molecule has 0 saturated carbocycles. The van der Waals surface area contributed by atoms with Gasteiger partial charge in [-0.2, -0.15) is 0 Å². The number of nitrogens with zero attached hydrogens (tertiary/aromatic N) is 2. The summed E-state index contributed by atoms with van der Waals surface area (Å²) in [5.41, 5.74) is 5.73. The maximum absolute atomic E-state index is 5.73. The first-order valence-corrected chi connectivity index (χ1v) is 11.1. The van der Waals surface area contributed by atoms with Crippen LogP contribution >= 0.6 is 33.1 Å². The fourth-order valence-corrected chi connectivity index (χ4v) is 2.94. The molecule has 0 radical (unpaired) electrons. The Morgan fingerprint density at radius 2 is 1.62 bits per heavy atom. The van der Waals surface area contributed by atoms with Crippen molar-refractivity contribution in [2.24, 2.45) is 17.6 Å². The summed E-state index contributed by atoms with van der Waals surface area (Å²) >= 11 is 7.14. The number of nitrogens with two attached hydrogens (primary N) is 1. The highest BCUT2D eigenvalue weighted by atomic mass is 33.5. The van der Waals surface area contributed by atoms with E-state index in [2.05, 4.69) is 66.4 Å². The molecule has 0 aromatic heterocycles. The molecule has 2 rings (SSSR count). The Labute approximate surface area is 166 Å². The van der Waals surface area contributed by atoms with Crippen molar-refractivity contribution in [3.63, 3.8) is 0 Å². The molecule has 0 bridgehead atoms. The van der Waals surface area contributed by atoms with Gasteiger partial charge in [0.2, 0.25) is 0 Å². The lowest BCUT2D eigenvalue weighted by molar-refractivity contribution is 0.377. The third-order valence-corrected chi connectivity index (χ3v) is 4.34. The summed E-state index contributed by atoms with van der Waals surface area (Å²) in [4.78, 5) is 4.75. The predicted molar refractivity (Wildman–Crippen MR) is 122 cm³/mol. The molecule has 2 heterocycles. The van der Waals surface area contributed by atoms with E-state index in [1.807, 2.05) is 0 Å². The molecule has 0 aliphatic carbocycles. The molecule has 2 saturated heterocycles. The summed E-state index contributed by atoms with van der Waals surface area (Å²) < 4.78 is 0. The quantitative estimate of drug-likeness (QED) is 0.430. The Bertz CT molecular complexity index is 258. The molecule has 0 aromatic rings. The maximum Gasteiger partial charge on any atom is 0.00514 e. The van der Waals surface area contributed by atoms with Crippen LogP contribution in [-0.2, 0) is 0 Å². The largest absolute Gasteiger partial charge is 0.328 e. The molecule has 3 N–H and O–H groups in total. The minimum Gasteiger partial charge on any atom is -0.328 e. The number of hydrogen-bond acceptors (Lipinski definition) is 7. The Hall–Kier alpha value is 0.890. The minimum absolute atomic E-state index is 0. The molecule has 2 aliphatic rings. The van der Waals surface area contributed by atoms with Crippen LogP contribution in [0.25, 0.3) is 0 Å². The lowest BCUT2D eigenvalue weighted by atomic mass is 10.0. The van der Waals surface area contributed by atoms with E-state index in [-0.39, 0.29) is 14.9 Å². The van der Waals surface area contributed by atoms with Gasteiger partial charge in [-0.25, -0.2) is 0 Å².